The lowest BCUT2D eigenvalue weighted by atomic mass is 9.88. The van der Waals surface area contributed by atoms with E-state index in [-0.39, 0.29) is 25.5 Å². The molecule has 2 aromatic carbocycles. The first kappa shape index (κ1) is 37.0. The van der Waals surface area contributed by atoms with Gasteiger partial charge in [-0.05, 0) is 41.9 Å². The van der Waals surface area contributed by atoms with Gasteiger partial charge in [0.05, 0.1) is 24.9 Å². The van der Waals surface area contributed by atoms with E-state index in [0.717, 1.165) is 16.7 Å². The Balaban J connectivity index is 1.28. The molecule has 48 heavy (non-hydrogen) atoms. The van der Waals surface area contributed by atoms with Crippen molar-refractivity contribution in [2.45, 2.75) is 62.4 Å². The first-order valence-electron chi connectivity index (χ1n) is 15.9. The maximum atomic E-state index is 12.8. The zero-order chi connectivity index (χ0) is 34.5. The molecule has 6 atom stereocenters. The van der Waals surface area contributed by atoms with E-state index >= 15 is 0 Å². The molecule has 4 rings (SSSR count). The monoisotopic (exact) mass is 681 g/mol. The molecule has 0 saturated carbocycles. The van der Waals surface area contributed by atoms with Gasteiger partial charge in [-0.15, -0.1) is 0 Å². The Bertz CT molecular complexity index is 1450. The van der Waals surface area contributed by atoms with Crippen LogP contribution in [-0.4, -0.2) is 107 Å². The van der Waals surface area contributed by atoms with Gasteiger partial charge in [0, 0.05) is 43.3 Å². The molecule has 0 radical (unpaired) electrons. The van der Waals surface area contributed by atoms with Gasteiger partial charge in [-0.1, -0.05) is 60.7 Å². The van der Waals surface area contributed by atoms with E-state index in [9.17, 15) is 34.5 Å². The highest BCUT2D eigenvalue weighted by molar-refractivity contribution is 7.99. The van der Waals surface area contributed by atoms with Crippen LogP contribution >= 0.6 is 11.8 Å². The topological polar surface area (TPSA) is 184 Å². The van der Waals surface area contributed by atoms with E-state index in [2.05, 4.69) is 16.0 Å². The number of nitrogens with one attached hydrogen (secondary N) is 3. The molecule has 13 heteroatoms. The number of aliphatic hydroxyl groups excluding tert-OH is 3. The van der Waals surface area contributed by atoms with Crippen molar-refractivity contribution in [3.05, 3.63) is 84.0 Å². The first-order valence-corrected chi connectivity index (χ1v) is 17.0. The smallest absolute Gasteiger partial charge is 0.251 e. The number of benzene rings is 2. The first-order chi connectivity index (χ1) is 23.1. The molecular formula is C35H43N3O9S. The molecule has 1 fully saturated rings. The summed E-state index contributed by atoms with van der Waals surface area (Å²) in [6.07, 6.45) is 0.648. The van der Waals surface area contributed by atoms with Crippen molar-refractivity contribution in [3.8, 4) is 11.1 Å². The van der Waals surface area contributed by atoms with Crippen molar-refractivity contribution in [2.24, 2.45) is 0 Å². The number of aliphatic hydroxyl groups is 3. The van der Waals surface area contributed by atoms with Gasteiger partial charge in [-0.25, -0.2) is 0 Å². The third-order valence-corrected chi connectivity index (χ3v) is 9.05. The van der Waals surface area contributed by atoms with Gasteiger partial charge in [0.2, 0.25) is 17.6 Å². The quantitative estimate of drug-likeness (QED) is 0.106. The molecule has 2 aromatic rings. The number of ether oxygens (including phenoxy) is 2. The lowest BCUT2D eigenvalue weighted by Crippen LogP contribution is -2.66. The Morgan fingerprint density at radius 3 is 2.44 bits per heavy atom. The second-order valence-corrected chi connectivity index (χ2v) is 12.8. The molecule has 1 aliphatic heterocycles. The Morgan fingerprint density at radius 2 is 1.77 bits per heavy atom. The maximum Gasteiger partial charge on any atom is 0.251 e. The summed E-state index contributed by atoms with van der Waals surface area (Å²) >= 11 is 1.59. The molecule has 0 unspecified atom stereocenters. The minimum absolute atomic E-state index is 0.0820. The molecular weight excluding hydrogens is 638 g/mol. The zero-order valence-electron chi connectivity index (χ0n) is 26.7. The summed E-state index contributed by atoms with van der Waals surface area (Å²) in [5, 5.41) is 40.9. The highest BCUT2D eigenvalue weighted by Crippen LogP contribution is 2.32. The Labute approximate surface area is 284 Å². The van der Waals surface area contributed by atoms with Gasteiger partial charge in [0.15, 0.2) is 6.29 Å². The molecule has 0 spiro atoms. The van der Waals surface area contributed by atoms with Crippen molar-refractivity contribution in [1.29, 1.82) is 0 Å². The second kappa shape index (κ2) is 18.1. The van der Waals surface area contributed by atoms with Crippen LogP contribution in [0.4, 0.5) is 0 Å². The van der Waals surface area contributed by atoms with Gasteiger partial charge >= 0.3 is 0 Å². The zero-order valence-corrected chi connectivity index (χ0v) is 27.6. The van der Waals surface area contributed by atoms with Crippen LogP contribution in [-0.2, 0) is 23.9 Å². The molecule has 3 amide bonds. The largest absolute Gasteiger partial charge is 0.391 e. The van der Waals surface area contributed by atoms with Crippen LogP contribution in [0.3, 0.4) is 0 Å². The Morgan fingerprint density at radius 1 is 1.04 bits per heavy atom. The molecule has 1 heterocycles. The van der Waals surface area contributed by atoms with E-state index in [4.69, 9.17) is 9.47 Å². The third kappa shape index (κ3) is 10.3. The van der Waals surface area contributed by atoms with Gasteiger partial charge in [-0.2, -0.15) is 11.8 Å². The summed E-state index contributed by atoms with van der Waals surface area (Å²) in [6, 6.07) is 15.4. The number of rotatable bonds is 17. The van der Waals surface area contributed by atoms with Crippen molar-refractivity contribution < 1.29 is 44.0 Å². The number of allylic oxidation sites excluding steroid dienone is 3. The van der Waals surface area contributed by atoms with E-state index in [1.807, 2.05) is 42.5 Å². The Kier molecular flexibility index (Phi) is 13.9. The lowest BCUT2D eigenvalue weighted by Gasteiger charge is -2.46. The van der Waals surface area contributed by atoms with Crippen LogP contribution in [0.2, 0.25) is 0 Å². The van der Waals surface area contributed by atoms with E-state index in [1.165, 1.54) is 6.92 Å². The molecule has 6 N–H and O–H groups in total. The fraction of sp³-hybridized carbons (Fsp3) is 0.429. The van der Waals surface area contributed by atoms with Crippen LogP contribution in [0, 0.1) is 0 Å². The standard InChI is InChI=1S/C35H43N3O9S/c1-23(40)38-30-28(41)20-35(22-39,46-17-7-18-48-19-16-36-33(44)26-10-5-6-11-26)47-32(30)31(43)29(42)21-37-34(45)27-14-12-25(13-15-27)24-8-3-2-4-9-24/h2-6,8-10,12-15,22,28-32,41-43H,7,11,16-21H2,1H3,(H,36,44)(H,37,45)(H,38,40)/t28-,29+,30+,31+,32+,35+/m0/s1. The van der Waals surface area contributed by atoms with Crippen LogP contribution in [0.1, 0.15) is 36.5 Å². The summed E-state index contributed by atoms with van der Waals surface area (Å²) < 4.78 is 11.7. The van der Waals surface area contributed by atoms with Crippen LogP contribution < -0.4 is 16.0 Å². The normalized spacial score (nSPS) is 23.1. The van der Waals surface area contributed by atoms with Crippen molar-refractivity contribution in [3.63, 3.8) is 0 Å². The fourth-order valence-electron chi connectivity index (χ4n) is 5.44. The van der Waals surface area contributed by atoms with Gasteiger partial charge in [0.25, 0.3) is 5.91 Å². The predicted molar refractivity (Wildman–Crippen MR) is 181 cm³/mol. The minimum atomic E-state index is -1.94. The number of carbonyl (C=O) groups is 4. The molecule has 258 valence electrons. The van der Waals surface area contributed by atoms with E-state index < -0.39 is 48.1 Å². The summed E-state index contributed by atoms with van der Waals surface area (Å²) in [5.74, 6) is -1.69. The van der Waals surface area contributed by atoms with Crippen LogP contribution in [0.25, 0.3) is 11.1 Å². The number of hydrogen-bond acceptors (Lipinski definition) is 10. The summed E-state index contributed by atoms with van der Waals surface area (Å²) in [7, 11) is 0. The van der Waals surface area contributed by atoms with Crippen molar-refractivity contribution in [2.75, 3.05) is 31.2 Å². The molecule has 2 aliphatic rings. The summed E-state index contributed by atoms with van der Waals surface area (Å²) in [5.41, 5.74) is 2.99. The molecule has 0 bridgehead atoms. The number of carbonyl (C=O) groups excluding carboxylic acids is 4. The fourth-order valence-corrected chi connectivity index (χ4v) is 6.22. The molecule has 12 nitrogen and oxygen atoms in total. The second-order valence-electron chi connectivity index (χ2n) is 11.6. The Hall–Kier alpha value is -3.85. The van der Waals surface area contributed by atoms with Crippen LogP contribution in [0.5, 0.6) is 0 Å². The molecule has 1 aliphatic carbocycles. The van der Waals surface area contributed by atoms with Crippen LogP contribution in [0.15, 0.2) is 78.4 Å². The SMILES string of the molecule is CC(=O)N[C@H]1[C@H]([C@H](O)[C@H](O)CNC(=O)c2ccc(-c3ccccc3)cc2)O[C@](C=O)(OCCCSCCNC(=O)C2=CC=CC2)C[C@@H]1O. The van der Waals surface area contributed by atoms with Crippen molar-refractivity contribution in [1.82, 2.24) is 16.0 Å². The summed E-state index contributed by atoms with van der Waals surface area (Å²) in [4.78, 5) is 49.0. The van der Waals surface area contributed by atoms with Gasteiger partial charge < -0.3 is 40.7 Å². The highest BCUT2D eigenvalue weighted by atomic mass is 32.2. The van der Waals surface area contributed by atoms with Crippen molar-refractivity contribution >= 4 is 35.8 Å². The van der Waals surface area contributed by atoms with Gasteiger partial charge in [0.1, 0.15) is 12.2 Å². The number of hydrogen-bond donors (Lipinski definition) is 6. The van der Waals surface area contributed by atoms with Gasteiger partial charge in [-0.3, -0.25) is 19.2 Å². The maximum absolute atomic E-state index is 12.8. The highest BCUT2D eigenvalue weighted by Gasteiger charge is 2.51. The molecule has 0 aromatic heterocycles. The number of amides is 3. The average molecular weight is 682 g/mol. The molecule has 1 saturated heterocycles. The average Bonchev–Trinajstić information content (AvgIpc) is 3.65. The number of aldehydes is 1. The van der Waals surface area contributed by atoms with E-state index in [1.54, 1.807) is 42.1 Å². The summed E-state index contributed by atoms with van der Waals surface area (Å²) in [6.45, 7) is 1.42. The third-order valence-electron chi connectivity index (χ3n) is 7.98. The minimum Gasteiger partial charge on any atom is -0.391 e. The predicted octanol–water partition coefficient (Wildman–Crippen LogP) is 1.50. The number of thioether (sulfide) groups is 1. The van der Waals surface area contributed by atoms with E-state index in [0.29, 0.717) is 42.7 Å². The lowest BCUT2D eigenvalue weighted by molar-refractivity contribution is -0.296.